The molecule has 0 aliphatic carbocycles. The number of urea groups is 1. The van der Waals surface area contributed by atoms with Gasteiger partial charge in [0.05, 0.1) is 18.2 Å². The maximum absolute atomic E-state index is 11.6. The molecule has 0 aromatic rings. The molecule has 0 spiro atoms. The second-order valence-electron chi connectivity index (χ2n) is 4.79. The average Bonchev–Trinajstić information content (AvgIpc) is 2.88. The summed E-state index contributed by atoms with van der Waals surface area (Å²) < 4.78 is 10.8. The second-order valence-corrected chi connectivity index (χ2v) is 4.79. The fraction of sp³-hybridized carbons (Fsp3) is 0.909. The monoisotopic (exact) mass is 228 g/mol. The highest BCUT2D eigenvalue weighted by atomic mass is 16.5. The van der Waals surface area contributed by atoms with E-state index in [1.165, 1.54) is 0 Å². The van der Waals surface area contributed by atoms with Crippen LogP contribution in [0.4, 0.5) is 4.79 Å². The average molecular weight is 228 g/mol. The SMILES string of the molecule is CC1(CNC(=O)NC2CCOC2)CCCO1. The lowest BCUT2D eigenvalue weighted by Crippen LogP contribution is -2.47. The molecule has 16 heavy (non-hydrogen) atoms. The Kier molecular flexibility index (Phi) is 3.66. The number of rotatable bonds is 3. The highest BCUT2D eigenvalue weighted by molar-refractivity contribution is 5.74. The first-order chi connectivity index (χ1) is 7.68. The normalized spacial score (nSPS) is 33.9. The zero-order valence-electron chi connectivity index (χ0n) is 9.75. The minimum absolute atomic E-state index is 0.118. The van der Waals surface area contributed by atoms with Gasteiger partial charge in [0, 0.05) is 19.8 Å². The third kappa shape index (κ3) is 3.09. The minimum Gasteiger partial charge on any atom is -0.379 e. The first-order valence-corrected chi connectivity index (χ1v) is 5.94. The van der Waals surface area contributed by atoms with Crippen LogP contribution in [-0.4, -0.2) is 44.0 Å². The van der Waals surface area contributed by atoms with Crippen molar-refractivity contribution in [2.45, 2.75) is 37.8 Å². The van der Waals surface area contributed by atoms with E-state index in [-0.39, 0.29) is 17.7 Å². The number of amides is 2. The molecular formula is C11H20N2O3. The Bertz CT molecular complexity index is 246. The maximum Gasteiger partial charge on any atom is 0.315 e. The van der Waals surface area contributed by atoms with Crippen LogP contribution in [0, 0.1) is 0 Å². The molecule has 2 unspecified atom stereocenters. The molecule has 2 aliphatic rings. The Hall–Kier alpha value is -0.810. The Morgan fingerprint density at radius 3 is 3.00 bits per heavy atom. The summed E-state index contributed by atoms with van der Waals surface area (Å²) in [5.41, 5.74) is -0.177. The number of carbonyl (C=O) groups is 1. The summed E-state index contributed by atoms with van der Waals surface area (Å²) in [5.74, 6) is 0. The molecule has 0 radical (unpaired) electrons. The van der Waals surface area contributed by atoms with Gasteiger partial charge in [-0.1, -0.05) is 0 Å². The second kappa shape index (κ2) is 5.01. The zero-order valence-corrected chi connectivity index (χ0v) is 9.75. The maximum atomic E-state index is 11.6. The van der Waals surface area contributed by atoms with Crippen molar-refractivity contribution < 1.29 is 14.3 Å². The van der Waals surface area contributed by atoms with Crippen LogP contribution in [0.15, 0.2) is 0 Å². The predicted molar refractivity (Wildman–Crippen MR) is 59.3 cm³/mol. The van der Waals surface area contributed by atoms with E-state index in [9.17, 15) is 4.79 Å². The first-order valence-electron chi connectivity index (χ1n) is 5.94. The lowest BCUT2D eigenvalue weighted by atomic mass is 10.0. The standard InChI is InChI=1S/C11H20N2O3/c1-11(4-2-5-16-11)8-12-10(14)13-9-3-6-15-7-9/h9H,2-8H2,1H3,(H2,12,13,14). The summed E-state index contributed by atoms with van der Waals surface area (Å²) in [7, 11) is 0. The van der Waals surface area contributed by atoms with E-state index in [0.29, 0.717) is 13.2 Å². The smallest absolute Gasteiger partial charge is 0.315 e. The van der Waals surface area contributed by atoms with Crippen molar-refractivity contribution in [2.24, 2.45) is 0 Å². The molecule has 0 aromatic carbocycles. The fourth-order valence-corrected chi connectivity index (χ4v) is 2.13. The minimum atomic E-state index is -0.177. The summed E-state index contributed by atoms with van der Waals surface area (Å²) in [6.45, 7) is 4.79. The van der Waals surface area contributed by atoms with Crippen molar-refractivity contribution in [2.75, 3.05) is 26.4 Å². The summed E-state index contributed by atoms with van der Waals surface area (Å²) in [6.07, 6.45) is 3.00. The molecule has 2 aliphatic heterocycles. The van der Waals surface area contributed by atoms with Crippen molar-refractivity contribution in [1.29, 1.82) is 0 Å². The van der Waals surface area contributed by atoms with E-state index in [4.69, 9.17) is 9.47 Å². The van der Waals surface area contributed by atoms with Gasteiger partial charge in [-0.15, -0.1) is 0 Å². The molecule has 0 saturated carbocycles. The topological polar surface area (TPSA) is 59.6 Å². The fourth-order valence-electron chi connectivity index (χ4n) is 2.13. The molecule has 92 valence electrons. The van der Waals surface area contributed by atoms with Crippen LogP contribution in [0.5, 0.6) is 0 Å². The van der Waals surface area contributed by atoms with E-state index in [1.807, 2.05) is 6.92 Å². The molecule has 0 bridgehead atoms. The van der Waals surface area contributed by atoms with E-state index >= 15 is 0 Å². The van der Waals surface area contributed by atoms with Crippen molar-refractivity contribution in [3.8, 4) is 0 Å². The van der Waals surface area contributed by atoms with Crippen LogP contribution in [-0.2, 0) is 9.47 Å². The van der Waals surface area contributed by atoms with Crippen LogP contribution in [0.25, 0.3) is 0 Å². The van der Waals surface area contributed by atoms with Gasteiger partial charge in [-0.2, -0.15) is 0 Å². The van der Waals surface area contributed by atoms with Crippen molar-refractivity contribution >= 4 is 6.03 Å². The van der Waals surface area contributed by atoms with Gasteiger partial charge < -0.3 is 20.1 Å². The summed E-state index contributed by atoms with van der Waals surface area (Å²) in [4.78, 5) is 11.6. The molecule has 2 N–H and O–H groups in total. The van der Waals surface area contributed by atoms with Gasteiger partial charge in [-0.3, -0.25) is 0 Å². The number of nitrogens with one attached hydrogen (secondary N) is 2. The summed E-state index contributed by atoms with van der Waals surface area (Å²) >= 11 is 0. The highest BCUT2D eigenvalue weighted by Gasteiger charge is 2.30. The Morgan fingerprint density at radius 2 is 2.38 bits per heavy atom. The summed E-state index contributed by atoms with van der Waals surface area (Å²) in [5, 5.41) is 5.75. The van der Waals surface area contributed by atoms with Crippen LogP contribution < -0.4 is 10.6 Å². The van der Waals surface area contributed by atoms with Crippen LogP contribution in [0.2, 0.25) is 0 Å². The van der Waals surface area contributed by atoms with Crippen LogP contribution in [0.1, 0.15) is 26.2 Å². The van der Waals surface area contributed by atoms with Gasteiger partial charge >= 0.3 is 6.03 Å². The van der Waals surface area contributed by atoms with Gasteiger partial charge in [-0.05, 0) is 26.2 Å². The number of hydrogen-bond donors (Lipinski definition) is 2. The molecule has 5 heteroatoms. The van der Waals surface area contributed by atoms with Crippen LogP contribution in [0.3, 0.4) is 0 Å². The number of ether oxygens (including phenoxy) is 2. The van der Waals surface area contributed by atoms with E-state index in [0.717, 1.165) is 32.5 Å². The Balaban J connectivity index is 1.66. The predicted octanol–water partition coefficient (Wildman–Crippen LogP) is 0.644. The van der Waals surface area contributed by atoms with Gasteiger partial charge in [0.1, 0.15) is 0 Å². The third-order valence-corrected chi connectivity index (χ3v) is 3.19. The van der Waals surface area contributed by atoms with Gasteiger partial charge in [0.15, 0.2) is 0 Å². The lowest BCUT2D eigenvalue weighted by Gasteiger charge is -2.23. The molecule has 2 amide bonds. The van der Waals surface area contributed by atoms with E-state index in [1.54, 1.807) is 0 Å². The largest absolute Gasteiger partial charge is 0.379 e. The molecule has 0 aromatic heterocycles. The highest BCUT2D eigenvalue weighted by Crippen LogP contribution is 2.23. The van der Waals surface area contributed by atoms with E-state index < -0.39 is 0 Å². The van der Waals surface area contributed by atoms with Gasteiger partial charge in [-0.25, -0.2) is 4.79 Å². The third-order valence-electron chi connectivity index (χ3n) is 3.19. The van der Waals surface area contributed by atoms with Crippen molar-refractivity contribution in [1.82, 2.24) is 10.6 Å². The van der Waals surface area contributed by atoms with Crippen LogP contribution >= 0.6 is 0 Å². The summed E-state index contributed by atoms with van der Waals surface area (Å²) in [6, 6.07) is 0.0459. The first kappa shape index (κ1) is 11.7. The molecule has 2 saturated heterocycles. The quantitative estimate of drug-likeness (QED) is 0.745. The Labute approximate surface area is 95.9 Å². The zero-order chi connectivity index (χ0) is 11.4. The molecule has 2 heterocycles. The molecular weight excluding hydrogens is 208 g/mol. The van der Waals surface area contributed by atoms with E-state index in [2.05, 4.69) is 10.6 Å². The van der Waals surface area contributed by atoms with Gasteiger partial charge in [0.25, 0.3) is 0 Å². The number of hydrogen-bond acceptors (Lipinski definition) is 3. The lowest BCUT2D eigenvalue weighted by molar-refractivity contribution is 0.0228. The molecule has 2 atom stereocenters. The van der Waals surface area contributed by atoms with Crippen molar-refractivity contribution in [3.05, 3.63) is 0 Å². The van der Waals surface area contributed by atoms with Crippen molar-refractivity contribution in [3.63, 3.8) is 0 Å². The molecule has 2 rings (SSSR count). The van der Waals surface area contributed by atoms with Gasteiger partial charge in [0.2, 0.25) is 0 Å². The molecule has 2 fully saturated rings. The number of carbonyl (C=O) groups excluding carboxylic acids is 1. The Morgan fingerprint density at radius 1 is 1.50 bits per heavy atom. The molecule has 5 nitrogen and oxygen atoms in total.